The van der Waals surface area contributed by atoms with Crippen LogP contribution in [0.2, 0.25) is 0 Å². The highest BCUT2D eigenvalue weighted by molar-refractivity contribution is 5.75. The summed E-state index contributed by atoms with van der Waals surface area (Å²) in [6.45, 7) is 0.551. The Balaban J connectivity index is 1.61. The number of hydrogen-bond donors (Lipinski definition) is 0. The van der Waals surface area contributed by atoms with Gasteiger partial charge in [-0.1, -0.05) is 54.6 Å². The van der Waals surface area contributed by atoms with Gasteiger partial charge in [0, 0.05) is 25.1 Å². The summed E-state index contributed by atoms with van der Waals surface area (Å²) < 4.78 is 12.6. The van der Waals surface area contributed by atoms with E-state index in [0.717, 1.165) is 33.6 Å². The molecular weight excluding hydrogens is 402 g/mol. The summed E-state index contributed by atoms with van der Waals surface area (Å²) in [5.74, 6) is 0. The summed E-state index contributed by atoms with van der Waals surface area (Å²) in [4.78, 5) is 19.3. The van der Waals surface area contributed by atoms with Crippen LogP contribution in [-0.2, 0) is 9.47 Å². The van der Waals surface area contributed by atoms with Gasteiger partial charge in [-0.2, -0.15) is 0 Å². The normalized spacial score (nSPS) is 15.0. The van der Waals surface area contributed by atoms with Gasteiger partial charge in [0.05, 0.1) is 29.7 Å². The summed E-state index contributed by atoms with van der Waals surface area (Å²) in [5, 5.41) is 0. The Morgan fingerprint density at radius 1 is 1.00 bits per heavy atom. The number of fused-ring (bicyclic) bond motifs is 2. The molecule has 1 atom stereocenters. The van der Waals surface area contributed by atoms with Gasteiger partial charge in [0.2, 0.25) is 0 Å². The zero-order chi connectivity index (χ0) is 21.9. The molecule has 0 fully saturated rings. The number of aromatic nitrogens is 2. The molecule has 2 aromatic heterocycles. The second-order valence-electron chi connectivity index (χ2n) is 7.55. The topological polar surface area (TPSA) is 56.1 Å². The average Bonchev–Trinajstić information content (AvgIpc) is 3.27. The summed E-state index contributed by atoms with van der Waals surface area (Å²) in [5.41, 5.74) is 5.93. The second kappa shape index (κ2) is 8.69. The molecule has 0 saturated heterocycles. The molecule has 0 spiro atoms. The molecule has 6 heteroatoms. The van der Waals surface area contributed by atoms with E-state index >= 15 is 0 Å². The minimum absolute atomic E-state index is 0.199. The van der Waals surface area contributed by atoms with Crippen molar-refractivity contribution in [3.8, 4) is 11.3 Å². The van der Waals surface area contributed by atoms with Gasteiger partial charge in [-0.3, -0.25) is 9.88 Å². The molecule has 6 nitrogen and oxygen atoms in total. The lowest BCUT2D eigenvalue weighted by Crippen LogP contribution is -2.34. The van der Waals surface area contributed by atoms with Crippen molar-refractivity contribution < 1.29 is 14.3 Å². The van der Waals surface area contributed by atoms with E-state index < -0.39 is 6.09 Å². The third kappa shape index (κ3) is 3.65. The Morgan fingerprint density at radius 2 is 1.81 bits per heavy atom. The molecule has 3 heterocycles. The van der Waals surface area contributed by atoms with Crippen LogP contribution in [0.5, 0.6) is 0 Å². The van der Waals surface area contributed by atoms with Gasteiger partial charge >= 0.3 is 6.09 Å². The fourth-order valence-corrected chi connectivity index (χ4v) is 4.07. The van der Waals surface area contributed by atoms with Crippen molar-refractivity contribution in [1.82, 2.24) is 14.3 Å². The molecule has 1 aliphatic rings. The van der Waals surface area contributed by atoms with E-state index in [4.69, 9.17) is 9.47 Å². The van der Waals surface area contributed by atoms with Gasteiger partial charge in [-0.05, 0) is 29.3 Å². The number of ether oxygens (including phenoxy) is 2. The molecule has 0 saturated carbocycles. The molecule has 0 aliphatic carbocycles. The quantitative estimate of drug-likeness (QED) is 0.415. The van der Waals surface area contributed by atoms with Crippen LogP contribution in [0, 0.1) is 0 Å². The maximum atomic E-state index is 13.0. The van der Waals surface area contributed by atoms with E-state index in [1.807, 2.05) is 73.1 Å². The van der Waals surface area contributed by atoms with Gasteiger partial charge in [-0.25, -0.2) is 4.79 Å². The summed E-state index contributed by atoms with van der Waals surface area (Å²) in [6.07, 6.45) is 7.20. The molecule has 1 aliphatic heterocycles. The number of rotatable bonds is 5. The molecule has 0 bridgehead atoms. The molecule has 0 N–H and O–H groups in total. The van der Waals surface area contributed by atoms with E-state index in [1.54, 1.807) is 18.2 Å². The SMILES string of the molecule is COCCOC(=O)N1C=Cc2ccccc2C1c1ccc2cnc(-c3ccccc3)cn12. The van der Waals surface area contributed by atoms with Crippen LogP contribution in [0.15, 0.2) is 85.3 Å². The van der Waals surface area contributed by atoms with Gasteiger partial charge in [0.1, 0.15) is 12.6 Å². The third-order valence-corrected chi connectivity index (χ3v) is 5.63. The Labute approximate surface area is 186 Å². The lowest BCUT2D eigenvalue weighted by molar-refractivity contribution is 0.0758. The van der Waals surface area contributed by atoms with Gasteiger partial charge < -0.3 is 13.9 Å². The molecular formula is C26H23N3O3. The first-order valence-electron chi connectivity index (χ1n) is 10.5. The largest absolute Gasteiger partial charge is 0.447 e. The Kier molecular flexibility index (Phi) is 5.44. The van der Waals surface area contributed by atoms with E-state index in [0.29, 0.717) is 6.61 Å². The van der Waals surface area contributed by atoms with Crippen LogP contribution in [0.4, 0.5) is 4.79 Å². The zero-order valence-electron chi connectivity index (χ0n) is 17.7. The number of carbonyl (C=O) groups excluding carboxylic acids is 1. The molecule has 5 rings (SSSR count). The highest BCUT2D eigenvalue weighted by atomic mass is 16.6. The first kappa shape index (κ1) is 20.0. The number of benzene rings is 2. The number of carbonyl (C=O) groups is 1. The molecule has 32 heavy (non-hydrogen) atoms. The van der Waals surface area contributed by atoms with Crippen molar-refractivity contribution in [2.75, 3.05) is 20.3 Å². The summed E-state index contributed by atoms with van der Waals surface area (Å²) in [6, 6.07) is 21.9. The minimum atomic E-state index is -0.412. The fraction of sp³-hybridized carbons (Fsp3) is 0.154. The van der Waals surface area contributed by atoms with Gasteiger partial charge in [-0.15, -0.1) is 0 Å². The second-order valence-corrected chi connectivity index (χ2v) is 7.55. The standard InChI is InChI=1S/C26H23N3O3/c1-31-15-16-32-26(30)28-14-13-19-7-5-6-10-22(19)25(28)24-12-11-21-17-27-23(18-29(21)24)20-8-3-2-4-9-20/h2-14,17-18,25H,15-16H2,1H3. The Morgan fingerprint density at radius 3 is 2.66 bits per heavy atom. The van der Waals surface area contributed by atoms with Crippen LogP contribution in [-0.4, -0.2) is 40.7 Å². The molecule has 1 amide bonds. The number of hydrogen-bond acceptors (Lipinski definition) is 4. The van der Waals surface area contributed by atoms with Crippen LogP contribution < -0.4 is 0 Å². The molecule has 1 unspecified atom stereocenters. The predicted octanol–water partition coefficient (Wildman–Crippen LogP) is 5.16. The van der Waals surface area contributed by atoms with Crippen molar-refractivity contribution in [2.24, 2.45) is 0 Å². The van der Waals surface area contributed by atoms with Crippen LogP contribution in [0.1, 0.15) is 22.9 Å². The third-order valence-electron chi connectivity index (χ3n) is 5.63. The van der Waals surface area contributed by atoms with E-state index in [-0.39, 0.29) is 12.6 Å². The average molecular weight is 425 g/mol. The number of amides is 1. The van der Waals surface area contributed by atoms with E-state index in [1.165, 1.54) is 0 Å². The summed E-state index contributed by atoms with van der Waals surface area (Å²) in [7, 11) is 1.58. The van der Waals surface area contributed by atoms with Crippen LogP contribution >= 0.6 is 0 Å². The molecule has 160 valence electrons. The van der Waals surface area contributed by atoms with E-state index in [9.17, 15) is 4.79 Å². The fourth-order valence-electron chi connectivity index (χ4n) is 4.07. The molecule has 2 aromatic carbocycles. The zero-order valence-corrected chi connectivity index (χ0v) is 17.7. The van der Waals surface area contributed by atoms with Crippen LogP contribution in [0.25, 0.3) is 22.9 Å². The first-order chi connectivity index (χ1) is 15.8. The number of nitrogens with zero attached hydrogens (tertiary/aromatic N) is 3. The monoisotopic (exact) mass is 425 g/mol. The summed E-state index contributed by atoms with van der Waals surface area (Å²) >= 11 is 0. The highest BCUT2D eigenvalue weighted by Crippen LogP contribution is 2.37. The lowest BCUT2D eigenvalue weighted by atomic mass is 9.94. The molecule has 0 radical (unpaired) electrons. The lowest BCUT2D eigenvalue weighted by Gasteiger charge is -2.32. The Hall–Kier alpha value is -3.90. The van der Waals surface area contributed by atoms with Crippen molar-refractivity contribution in [3.63, 3.8) is 0 Å². The van der Waals surface area contributed by atoms with E-state index in [2.05, 4.69) is 21.5 Å². The molecule has 4 aromatic rings. The van der Waals surface area contributed by atoms with Crippen molar-refractivity contribution >= 4 is 17.7 Å². The predicted molar refractivity (Wildman–Crippen MR) is 123 cm³/mol. The van der Waals surface area contributed by atoms with Gasteiger partial charge in [0.25, 0.3) is 0 Å². The Bertz CT molecular complexity index is 1280. The highest BCUT2D eigenvalue weighted by Gasteiger charge is 2.32. The van der Waals surface area contributed by atoms with Crippen molar-refractivity contribution in [2.45, 2.75) is 6.04 Å². The van der Waals surface area contributed by atoms with Crippen molar-refractivity contribution in [1.29, 1.82) is 0 Å². The maximum Gasteiger partial charge on any atom is 0.414 e. The number of methoxy groups -OCH3 is 1. The smallest absolute Gasteiger partial charge is 0.414 e. The minimum Gasteiger partial charge on any atom is -0.447 e. The van der Waals surface area contributed by atoms with Crippen LogP contribution in [0.3, 0.4) is 0 Å². The van der Waals surface area contributed by atoms with Crippen molar-refractivity contribution in [3.05, 3.63) is 102 Å². The maximum absolute atomic E-state index is 13.0. The van der Waals surface area contributed by atoms with Gasteiger partial charge in [0.15, 0.2) is 0 Å². The first-order valence-corrected chi connectivity index (χ1v) is 10.5.